The smallest absolute Gasteiger partial charge is 0.365 e. The number of hydrogen-bond donors (Lipinski definition) is 1. The molecule has 0 saturated carbocycles. The molecule has 0 unspecified atom stereocenters. The van der Waals surface area contributed by atoms with E-state index in [-0.39, 0.29) is 32.5 Å². The SMILES string of the molecule is CC(C)(C)c1cc2c(c(C(C)(C)C)c1)OP(Sc1cc(C(C)(C)C)c(O)c(C(C)(C)C)c1)Oc1c(cc(C(C)(C)C)cc1C(C)(C)C)C2. The molecule has 1 aliphatic rings. The lowest BCUT2D eigenvalue weighted by Gasteiger charge is -2.35. The van der Waals surface area contributed by atoms with E-state index in [2.05, 4.69) is 161 Å². The van der Waals surface area contributed by atoms with Gasteiger partial charge in [0.15, 0.2) is 0 Å². The van der Waals surface area contributed by atoms with Crippen LogP contribution < -0.4 is 9.05 Å². The first kappa shape index (κ1) is 38.6. The van der Waals surface area contributed by atoms with Gasteiger partial charge in [-0.25, -0.2) is 0 Å². The van der Waals surface area contributed by atoms with Gasteiger partial charge in [0.25, 0.3) is 0 Å². The number of phenolic OH excluding ortho intramolecular Hbond substituents is 1. The van der Waals surface area contributed by atoms with Gasteiger partial charge in [-0.1, -0.05) is 149 Å². The van der Waals surface area contributed by atoms with Crippen molar-refractivity contribution < 1.29 is 14.2 Å². The summed E-state index contributed by atoms with van der Waals surface area (Å²) < 4.78 is 14.4. The molecule has 5 heteroatoms. The van der Waals surface area contributed by atoms with E-state index < -0.39 is 7.58 Å². The largest absolute Gasteiger partial charge is 0.507 e. The average Bonchev–Trinajstić information content (AvgIpc) is 2.85. The van der Waals surface area contributed by atoms with E-state index in [0.717, 1.165) is 33.9 Å². The van der Waals surface area contributed by atoms with Gasteiger partial charge in [0.05, 0.1) is 0 Å². The highest BCUT2D eigenvalue weighted by Gasteiger charge is 2.36. The maximum absolute atomic E-state index is 11.5. The quantitative estimate of drug-likeness (QED) is 0.272. The molecule has 264 valence electrons. The van der Waals surface area contributed by atoms with E-state index in [1.165, 1.54) is 33.4 Å². The molecule has 0 spiro atoms. The van der Waals surface area contributed by atoms with Crippen molar-refractivity contribution in [3.63, 3.8) is 0 Å². The Bertz CT molecular complexity index is 1560. The minimum Gasteiger partial charge on any atom is -0.507 e. The standard InChI is InChI=1S/C43H63O3PS/c1-38(2,3)28-20-26-19-27-21-29(39(4,5)6)23-34(43(16,17)18)37(27)46-47(45-36(26)33(22-28)42(13,14)15)48-30-24-31(40(7,8)9)35(44)32(25-30)41(10,11)12/h20-25,44H,19H2,1-18H3. The molecule has 0 atom stereocenters. The van der Waals surface area contributed by atoms with Crippen molar-refractivity contribution in [3.8, 4) is 17.2 Å². The summed E-state index contributed by atoms with van der Waals surface area (Å²) in [6.07, 6.45) is 0.736. The molecule has 0 aliphatic carbocycles. The van der Waals surface area contributed by atoms with Gasteiger partial charge in [0.1, 0.15) is 17.2 Å². The van der Waals surface area contributed by atoms with Crippen molar-refractivity contribution >= 4 is 19.0 Å². The zero-order valence-electron chi connectivity index (χ0n) is 33.3. The van der Waals surface area contributed by atoms with Crippen molar-refractivity contribution in [1.29, 1.82) is 0 Å². The number of fused-ring (bicyclic) bond motifs is 2. The van der Waals surface area contributed by atoms with Gasteiger partial charge in [0.2, 0.25) is 0 Å². The van der Waals surface area contributed by atoms with Gasteiger partial charge in [-0.15, -0.1) is 0 Å². The summed E-state index contributed by atoms with van der Waals surface area (Å²) in [5.74, 6) is 2.28. The van der Waals surface area contributed by atoms with E-state index >= 15 is 0 Å². The second kappa shape index (κ2) is 12.6. The Morgan fingerprint density at radius 1 is 0.479 bits per heavy atom. The molecular formula is C43H63O3PS. The lowest BCUT2D eigenvalue weighted by atomic mass is 9.76. The van der Waals surface area contributed by atoms with E-state index in [1.807, 2.05) is 0 Å². The lowest BCUT2D eigenvalue weighted by molar-refractivity contribution is 0.422. The third kappa shape index (κ3) is 8.40. The monoisotopic (exact) mass is 690 g/mol. The molecule has 0 amide bonds. The molecule has 0 aromatic heterocycles. The second-order valence-electron chi connectivity index (χ2n) is 20.1. The Kier molecular flexibility index (Phi) is 10.1. The third-order valence-electron chi connectivity index (χ3n) is 9.27. The Hall–Kier alpha value is -2.16. The van der Waals surface area contributed by atoms with Gasteiger partial charge < -0.3 is 14.2 Å². The highest BCUT2D eigenvalue weighted by molar-refractivity contribution is 8.53. The predicted octanol–water partition coefficient (Wildman–Crippen LogP) is 13.6. The van der Waals surface area contributed by atoms with Crippen LogP contribution in [0.5, 0.6) is 17.2 Å². The average molecular weight is 691 g/mol. The molecule has 1 aliphatic heterocycles. The van der Waals surface area contributed by atoms with E-state index in [0.29, 0.717) is 5.75 Å². The van der Waals surface area contributed by atoms with Crippen molar-refractivity contribution in [3.05, 3.63) is 80.9 Å². The fourth-order valence-electron chi connectivity index (χ4n) is 6.14. The fraction of sp³-hybridized carbons (Fsp3) is 0.581. The first-order valence-corrected chi connectivity index (χ1v) is 20.2. The summed E-state index contributed by atoms with van der Waals surface area (Å²) in [4.78, 5) is 1.05. The minimum atomic E-state index is -1.54. The summed E-state index contributed by atoms with van der Waals surface area (Å²) >= 11 is 1.65. The van der Waals surface area contributed by atoms with Crippen molar-refractivity contribution in [2.75, 3.05) is 0 Å². The van der Waals surface area contributed by atoms with Crippen molar-refractivity contribution in [2.24, 2.45) is 0 Å². The number of phenols is 1. The van der Waals surface area contributed by atoms with Crippen LogP contribution in [0, 0.1) is 0 Å². The zero-order chi connectivity index (χ0) is 36.6. The van der Waals surface area contributed by atoms with E-state index in [4.69, 9.17) is 9.05 Å². The Morgan fingerprint density at radius 3 is 1.10 bits per heavy atom. The predicted molar refractivity (Wildman–Crippen MR) is 210 cm³/mol. The van der Waals surface area contributed by atoms with E-state index in [1.54, 1.807) is 11.4 Å². The van der Waals surface area contributed by atoms with Crippen LogP contribution in [0.3, 0.4) is 0 Å². The highest BCUT2D eigenvalue weighted by Crippen LogP contribution is 2.61. The molecule has 1 heterocycles. The third-order valence-corrected chi connectivity index (χ3v) is 12.1. The van der Waals surface area contributed by atoms with Crippen LogP contribution in [0.2, 0.25) is 0 Å². The van der Waals surface area contributed by atoms with Crippen molar-refractivity contribution in [2.45, 2.75) is 168 Å². The van der Waals surface area contributed by atoms with Crippen LogP contribution in [0.15, 0.2) is 41.3 Å². The summed E-state index contributed by atoms with van der Waals surface area (Å²) in [5.41, 5.74) is 8.60. The fourth-order valence-corrected chi connectivity index (χ4v) is 8.99. The molecule has 48 heavy (non-hydrogen) atoms. The topological polar surface area (TPSA) is 38.7 Å². The number of hydrogen-bond acceptors (Lipinski definition) is 4. The molecule has 1 N–H and O–H groups in total. The Morgan fingerprint density at radius 2 is 0.812 bits per heavy atom. The van der Waals surface area contributed by atoms with Crippen LogP contribution in [0.4, 0.5) is 0 Å². The molecule has 3 nitrogen and oxygen atoms in total. The first-order valence-electron chi connectivity index (χ1n) is 17.6. The Labute approximate surface area is 298 Å². The second-order valence-corrected chi connectivity index (χ2v) is 23.0. The number of rotatable bonds is 2. The van der Waals surface area contributed by atoms with Gasteiger partial charge in [-0.2, -0.15) is 0 Å². The Balaban J connectivity index is 2.07. The first-order chi connectivity index (χ1) is 21.5. The van der Waals surface area contributed by atoms with E-state index in [9.17, 15) is 5.11 Å². The number of benzene rings is 3. The maximum Gasteiger partial charge on any atom is 0.365 e. The van der Waals surface area contributed by atoms with Gasteiger partial charge >= 0.3 is 7.58 Å². The summed E-state index contributed by atoms with van der Waals surface area (Å²) in [6, 6.07) is 13.8. The normalized spacial score (nSPS) is 15.2. The van der Waals surface area contributed by atoms with Gasteiger partial charge in [-0.05, 0) is 78.3 Å². The molecule has 0 radical (unpaired) electrons. The van der Waals surface area contributed by atoms with Crippen LogP contribution in [-0.2, 0) is 38.9 Å². The molecule has 0 bridgehead atoms. The van der Waals surface area contributed by atoms with Crippen LogP contribution in [0.1, 0.15) is 169 Å². The molecule has 0 fully saturated rings. The van der Waals surface area contributed by atoms with Crippen molar-refractivity contribution in [1.82, 2.24) is 0 Å². The lowest BCUT2D eigenvalue weighted by Crippen LogP contribution is -2.21. The molecule has 3 aromatic carbocycles. The molecule has 0 saturated heterocycles. The van der Waals surface area contributed by atoms with Crippen LogP contribution >= 0.6 is 19.0 Å². The maximum atomic E-state index is 11.5. The summed E-state index contributed by atoms with van der Waals surface area (Å²) in [7, 11) is -1.54. The molecule has 4 rings (SSSR count). The summed E-state index contributed by atoms with van der Waals surface area (Å²) in [5, 5.41) is 11.5. The highest BCUT2D eigenvalue weighted by atomic mass is 32.7. The minimum absolute atomic E-state index is 0.0151. The zero-order valence-corrected chi connectivity index (χ0v) is 35.0. The number of aromatic hydroxyl groups is 1. The molecule has 3 aromatic rings. The van der Waals surface area contributed by atoms with Crippen LogP contribution in [0.25, 0.3) is 0 Å². The summed E-state index contributed by atoms with van der Waals surface area (Å²) in [6.45, 7) is 40.4. The van der Waals surface area contributed by atoms with Gasteiger partial charge in [-0.3, -0.25) is 0 Å². The van der Waals surface area contributed by atoms with Gasteiger partial charge in [0, 0.05) is 33.6 Å². The molecular weight excluding hydrogens is 628 g/mol. The van der Waals surface area contributed by atoms with Crippen LogP contribution in [-0.4, -0.2) is 5.11 Å².